The van der Waals surface area contributed by atoms with Crippen LogP contribution in [0.15, 0.2) is 34.6 Å². The van der Waals surface area contributed by atoms with Crippen LogP contribution in [0.1, 0.15) is 64.7 Å². The fraction of sp³-hybridized carbons (Fsp3) is 0.474. The van der Waals surface area contributed by atoms with Gasteiger partial charge in [-0.25, -0.2) is 9.97 Å². The standard InChI is InChI=1S/C19H22ClI2N3O2.Co/c1-17(2,3)12-8-26-15(23-12)11-7-10(21)14(22)19(20,25-11)16-24-13(9-27-16)18(4,5)6;/h7-9,25H,1-6H3;. The van der Waals surface area contributed by atoms with Crippen LogP contribution in [0.5, 0.6) is 0 Å². The minimum absolute atomic E-state index is 0. The van der Waals surface area contributed by atoms with Crippen molar-refractivity contribution in [3.05, 3.63) is 48.9 Å². The molecule has 1 aliphatic heterocycles. The molecule has 1 radical (unpaired) electrons. The van der Waals surface area contributed by atoms with Gasteiger partial charge in [-0.05, 0) is 51.3 Å². The first-order valence-electron chi connectivity index (χ1n) is 8.50. The number of rotatable bonds is 2. The van der Waals surface area contributed by atoms with E-state index in [1.807, 2.05) is 6.08 Å². The maximum atomic E-state index is 7.00. The normalized spacial score (nSPS) is 20.5. The summed E-state index contributed by atoms with van der Waals surface area (Å²) >= 11 is 11.5. The predicted molar refractivity (Wildman–Crippen MR) is 124 cm³/mol. The number of oxazole rings is 2. The third-order valence-electron chi connectivity index (χ3n) is 4.16. The van der Waals surface area contributed by atoms with Crippen molar-refractivity contribution in [2.24, 2.45) is 0 Å². The van der Waals surface area contributed by atoms with Crippen LogP contribution in [-0.4, -0.2) is 9.97 Å². The molecule has 0 spiro atoms. The molecule has 3 heterocycles. The Morgan fingerprint density at radius 3 is 2.00 bits per heavy atom. The molecule has 1 N–H and O–H groups in total. The van der Waals surface area contributed by atoms with Gasteiger partial charge in [0.1, 0.15) is 18.2 Å². The largest absolute Gasteiger partial charge is 0.445 e. The van der Waals surface area contributed by atoms with Crippen LogP contribution >= 0.6 is 56.8 Å². The number of nitrogens with zero attached hydrogens (tertiary/aromatic N) is 2. The van der Waals surface area contributed by atoms with E-state index in [9.17, 15) is 0 Å². The van der Waals surface area contributed by atoms with Gasteiger partial charge in [0.05, 0.1) is 15.0 Å². The molecular weight excluding hydrogens is 650 g/mol. The second-order valence-electron chi connectivity index (χ2n) is 8.58. The quantitative estimate of drug-likeness (QED) is 0.228. The van der Waals surface area contributed by atoms with Crippen molar-refractivity contribution < 1.29 is 25.6 Å². The van der Waals surface area contributed by atoms with Gasteiger partial charge in [0.2, 0.25) is 16.8 Å². The predicted octanol–water partition coefficient (Wildman–Crippen LogP) is 6.37. The van der Waals surface area contributed by atoms with Crippen molar-refractivity contribution >= 4 is 62.5 Å². The minimum atomic E-state index is -1.11. The van der Waals surface area contributed by atoms with E-state index in [1.165, 1.54) is 0 Å². The Labute approximate surface area is 208 Å². The summed E-state index contributed by atoms with van der Waals surface area (Å²) in [7, 11) is 0. The van der Waals surface area contributed by atoms with Crippen LogP contribution in [0.25, 0.3) is 5.70 Å². The van der Waals surface area contributed by atoms with Gasteiger partial charge >= 0.3 is 0 Å². The molecule has 1 atom stereocenters. The van der Waals surface area contributed by atoms with Gasteiger partial charge in [-0.2, -0.15) is 0 Å². The number of allylic oxidation sites excluding steroid dienone is 2. The summed E-state index contributed by atoms with van der Waals surface area (Å²) in [6.45, 7) is 12.5. The van der Waals surface area contributed by atoms with Gasteiger partial charge in [-0.1, -0.05) is 53.1 Å². The van der Waals surface area contributed by atoms with Gasteiger partial charge < -0.3 is 14.2 Å². The number of dihydropyridines is 1. The molecule has 1 aliphatic rings. The van der Waals surface area contributed by atoms with Gasteiger partial charge in [0.25, 0.3) is 0 Å². The maximum Gasteiger partial charge on any atom is 0.242 e. The zero-order valence-corrected chi connectivity index (χ0v) is 22.5. The number of aromatic nitrogens is 2. The molecule has 0 aromatic carbocycles. The molecule has 3 rings (SSSR count). The average molecular weight is 673 g/mol. The number of nitrogens with one attached hydrogen (secondary N) is 1. The average Bonchev–Trinajstić information content (AvgIpc) is 3.20. The van der Waals surface area contributed by atoms with Crippen LogP contribution in [0.4, 0.5) is 0 Å². The third kappa shape index (κ3) is 4.65. The fourth-order valence-corrected chi connectivity index (χ4v) is 4.10. The van der Waals surface area contributed by atoms with Crippen molar-refractivity contribution in [1.82, 2.24) is 15.3 Å². The van der Waals surface area contributed by atoms with Crippen LogP contribution < -0.4 is 5.32 Å². The van der Waals surface area contributed by atoms with Crippen molar-refractivity contribution in [2.75, 3.05) is 0 Å². The molecule has 0 saturated heterocycles. The summed E-state index contributed by atoms with van der Waals surface area (Å²) in [5, 5.41) is 3.32. The molecule has 1 unspecified atom stereocenters. The summed E-state index contributed by atoms with van der Waals surface area (Å²) in [5.74, 6) is 0.895. The molecule has 9 heteroatoms. The monoisotopic (exact) mass is 672 g/mol. The van der Waals surface area contributed by atoms with Crippen LogP contribution in [0.2, 0.25) is 0 Å². The Bertz CT molecular complexity index is 938. The van der Waals surface area contributed by atoms with Crippen LogP contribution in [0, 0.1) is 0 Å². The molecule has 0 fully saturated rings. The second kappa shape index (κ2) is 8.24. The first-order valence-corrected chi connectivity index (χ1v) is 11.0. The van der Waals surface area contributed by atoms with E-state index in [0.29, 0.717) is 17.5 Å². The molecule has 5 nitrogen and oxygen atoms in total. The van der Waals surface area contributed by atoms with E-state index in [4.69, 9.17) is 20.4 Å². The van der Waals surface area contributed by atoms with E-state index in [-0.39, 0.29) is 27.6 Å². The number of hydrogen-bond acceptors (Lipinski definition) is 5. The summed E-state index contributed by atoms with van der Waals surface area (Å²) in [6, 6.07) is 0. The van der Waals surface area contributed by atoms with E-state index in [1.54, 1.807) is 12.5 Å². The van der Waals surface area contributed by atoms with Crippen molar-refractivity contribution in [1.29, 1.82) is 0 Å². The molecule has 0 bridgehead atoms. The molecule has 0 aliphatic carbocycles. The number of alkyl halides is 1. The van der Waals surface area contributed by atoms with Gasteiger partial charge in [-0.15, -0.1) is 0 Å². The van der Waals surface area contributed by atoms with E-state index in [2.05, 4.69) is 102 Å². The van der Waals surface area contributed by atoms with Gasteiger partial charge in [-0.3, -0.25) is 0 Å². The van der Waals surface area contributed by atoms with Gasteiger partial charge in [0, 0.05) is 31.2 Å². The summed E-state index contributed by atoms with van der Waals surface area (Å²) in [5.41, 5.74) is 2.19. The molecule has 2 aromatic rings. The Morgan fingerprint density at radius 1 is 0.964 bits per heavy atom. The fourth-order valence-electron chi connectivity index (χ4n) is 2.41. The SMILES string of the molecule is CC(C)(C)c1coc(C2=CC(I)=C(I)C(Cl)(c3nc(C(C)(C)C)co3)N2)n1.[Co]. The Morgan fingerprint density at radius 2 is 1.50 bits per heavy atom. The van der Waals surface area contributed by atoms with E-state index >= 15 is 0 Å². The number of hydrogen-bond donors (Lipinski definition) is 1. The third-order valence-corrected chi connectivity index (χ3v) is 8.20. The van der Waals surface area contributed by atoms with Crippen molar-refractivity contribution in [3.8, 4) is 0 Å². The van der Waals surface area contributed by atoms with Crippen LogP contribution in [0.3, 0.4) is 0 Å². The summed E-state index contributed by atoms with van der Waals surface area (Å²) in [6.07, 6.45) is 5.32. The zero-order valence-electron chi connectivity index (χ0n) is 16.4. The van der Waals surface area contributed by atoms with Crippen molar-refractivity contribution in [3.63, 3.8) is 0 Å². The zero-order chi connectivity index (χ0) is 20.2. The second-order valence-corrected chi connectivity index (χ2v) is 11.4. The van der Waals surface area contributed by atoms with Crippen molar-refractivity contribution in [2.45, 2.75) is 57.4 Å². The minimum Gasteiger partial charge on any atom is -0.445 e. The first kappa shape index (κ1) is 24.2. The van der Waals surface area contributed by atoms with E-state index in [0.717, 1.165) is 18.5 Å². The molecular formula is C19H22ClCoI2N3O2. The summed E-state index contributed by atoms with van der Waals surface area (Å²) < 4.78 is 13.4. The smallest absolute Gasteiger partial charge is 0.242 e. The molecule has 28 heavy (non-hydrogen) atoms. The Hall–Kier alpha value is -0.0435. The molecule has 2 aromatic heterocycles. The van der Waals surface area contributed by atoms with Gasteiger partial charge in [0.15, 0.2) is 0 Å². The molecule has 155 valence electrons. The van der Waals surface area contributed by atoms with Crippen LogP contribution in [-0.2, 0) is 32.6 Å². The number of halogens is 3. The summed E-state index contributed by atoms with van der Waals surface area (Å²) in [4.78, 5) is 8.18. The Balaban J connectivity index is 0.00000280. The molecule has 0 saturated carbocycles. The topological polar surface area (TPSA) is 64.1 Å². The van der Waals surface area contributed by atoms with E-state index < -0.39 is 5.00 Å². The first-order chi connectivity index (χ1) is 12.3. The molecule has 0 amide bonds. The Kier molecular flexibility index (Phi) is 7.13. The maximum absolute atomic E-state index is 7.00.